The third kappa shape index (κ3) is 3.58. The molecule has 1 N–H and O–H groups in total. The molecule has 0 spiro atoms. The normalized spacial score (nSPS) is 25.5. The molecule has 1 heterocycles. The molecule has 0 aromatic heterocycles. The molecule has 20 heavy (non-hydrogen) atoms. The first-order valence-corrected chi connectivity index (χ1v) is 8.48. The molecule has 1 aliphatic heterocycles. The van der Waals surface area contributed by atoms with Crippen molar-refractivity contribution >= 4 is 9.84 Å². The Bertz CT molecular complexity index is 554. The highest BCUT2D eigenvalue weighted by Crippen LogP contribution is 2.21. The lowest BCUT2D eigenvalue weighted by molar-refractivity contribution is -0.0558. The first-order chi connectivity index (χ1) is 9.28. The molecule has 0 amide bonds. The number of hydrazine groups is 1. The first kappa shape index (κ1) is 15.4. The van der Waals surface area contributed by atoms with E-state index in [4.69, 9.17) is 0 Å². The topological polar surface area (TPSA) is 60.9 Å². The molecule has 5 nitrogen and oxygen atoms in total. The van der Waals surface area contributed by atoms with Crippen molar-refractivity contribution in [1.29, 1.82) is 0 Å². The van der Waals surface area contributed by atoms with E-state index in [1.54, 1.807) is 0 Å². The molecule has 2 rings (SSSR count). The number of nitrogens with zero attached hydrogens (tertiary/aromatic N) is 2. The average molecular weight is 298 g/mol. The fourth-order valence-corrected chi connectivity index (χ4v) is 4.32. The second kappa shape index (κ2) is 5.81. The Morgan fingerprint density at radius 1 is 1.20 bits per heavy atom. The molecular weight excluding hydrogens is 276 g/mol. The van der Waals surface area contributed by atoms with Gasteiger partial charge in [-0.25, -0.2) is 18.4 Å². The maximum atomic E-state index is 11.7. The van der Waals surface area contributed by atoms with Crippen LogP contribution in [0, 0.1) is 6.92 Å². The van der Waals surface area contributed by atoms with Gasteiger partial charge in [-0.3, -0.25) is 0 Å². The molecule has 1 aromatic carbocycles. The summed E-state index contributed by atoms with van der Waals surface area (Å²) < 4.78 is 23.3. The van der Waals surface area contributed by atoms with Crippen molar-refractivity contribution in [3.8, 4) is 0 Å². The summed E-state index contributed by atoms with van der Waals surface area (Å²) in [4.78, 5) is 0. The van der Waals surface area contributed by atoms with Gasteiger partial charge in [-0.05, 0) is 12.5 Å². The molecule has 1 aliphatic rings. The summed E-state index contributed by atoms with van der Waals surface area (Å²) in [5.41, 5.74) is 2.29. The molecule has 1 saturated heterocycles. The fourth-order valence-electron chi connectivity index (χ4n) is 2.53. The second-order valence-electron chi connectivity index (χ2n) is 5.64. The van der Waals surface area contributed by atoms with E-state index in [1.807, 2.05) is 55.3 Å². The van der Waals surface area contributed by atoms with Crippen LogP contribution in [0.2, 0.25) is 0 Å². The molecular formula is C14H22N2O3S. The largest absolute Gasteiger partial charge is 0.390 e. The third-order valence-electron chi connectivity index (χ3n) is 3.66. The SMILES string of the molecule is Cc1ccc(CN([C@H]2CS(=O)(=O)C[C@H]2O)N(C)C)cc1. The Labute approximate surface area is 120 Å². The Kier molecular flexibility index (Phi) is 4.49. The van der Waals surface area contributed by atoms with Gasteiger partial charge in [-0.1, -0.05) is 29.8 Å². The molecule has 1 aromatic rings. The minimum atomic E-state index is -3.14. The van der Waals surface area contributed by atoms with Gasteiger partial charge in [0.2, 0.25) is 0 Å². The molecule has 2 atom stereocenters. The summed E-state index contributed by atoms with van der Waals surface area (Å²) in [5, 5.41) is 13.8. The zero-order valence-corrected chi connectivity index (χ0v) is 13.0. The summed E-state index contributed by atoms with van der Waals surface area (Å²) >= 11 is 0. The van der Waals surface area contributed by atoms with Crippen LogP contribution in [0.5, 0.6) is 0 Å². The van der Waals surface area contributed by atoms with E-state index in [9.17, 15) is 13.5 Å². The van der Waals surface area contributed by atoms with Gasteiger partial charge in [0, 0.05) is 20.6 Å². The lowest BCUT2D eigenvalue weighted by atomic mass is 10.1. The third-order valence-corrected chi connectivity index (χ3v) is 5.35. The van der Waals surface area contributed by atoms with E-state index < -0.39 is 15.9 Å². The van der Waals surface area contributed by atoms with Crippen LogP contribution >= 0.6 is 0 Å². The Balaban J connectivity index is 2.17. The molecule has 0 saturated carbocycles. The van der Waals surface area contributed by atoms with Crippen LogP contribution in [0.15, 0.2) is 24.3 Å². The molecule has 0 bridgehead atoms. The summed E-state index contributed by atoms with van der Waals surface area (Å²) in [7, 11) is 0.593. The van der Waals surface area contributed by atoms with Crippen LogP contribution < -0.4 is 0 Å². The van der Waals surface area contributed by atoms with E-state index in [0.717, 1.165) is 5.56 Å². The van der Waals surface area contributed by atoms with Crippen LogP contribution in [0.25, 0.3) is 0 Å². The standard InChI is InChI=1S/C14H22N2O3S/c1-11-4-6-12(7-5-11)8-16(15(2)3)13-9-20(18,19)10-14(13)17/h4-7,13-14,17H,8-10H2,1-3H3/t13-,14+/m0/s1. The van der Waals surface area contributed by atoms with Crippen molar-refractivity contribution < 1.29 is 13.5 Å². The zero-order valence-electron chi connectivity index (χ0n) is 12.2. The molecule has 6 heteroatoms. The number of benzene rings is 1. The number of aliphatic hydroxyl groups is 1. The van der Waals surface area contributed by atoms with Crippen LogP contribution in [0.4, 0.5) is 0 Å². The van der Waals surface area contributed by atoms with Gasteiger partial charge in [0.25, 0.3) is 0 Å². The van der Waals surface area contributed by atoms with Crippen molar-refractivity contribution in [1.82, 2.24) is 10.0 Å². The van der Waals surface area contributed by atoms with Gasteiger partial charge in [0.05, 0.1) is 23.7 Å². The molecule has 1 fully saturated rings. The highest BCUT2D eigenvalue weighted by molar-refractivity contribution is 7.91. The number of hydrogen-bond acceptors (Lipinski definition) is 5. The highest BCUT2D eigenvalue weighted by atomic mass is 32.2. The van der Waals surface area contributed by atoms with Gasteiger partial charge in [0.15, 0.2) is 9.84 Å². The van der Waals surface area contributed by atoms with E-state index in [-0.39, 0.29) is 17.5 Å². The van der Waals surface area contributed by atoms with Crippen LogP contribution in [-0.2, 0) is 16.4 Å². The van der Waals surface area contributed by atoms with Gasteiger partial charge in [-0.2, -0.15) is 0 Å². The lowest BCUT2D eigenvalue weighted by Gasteiger charge is -2.35. The average Bonchev–Trinajstić information content (AvgIpc) is 2.61. The van der Waals surface area contributed by atoms with Crippen LogP contribution in [-0.4, -0.2) is 61.3 Å². The van der Waals surface area contributed by atoms with E-state index in [2.05, 4.69) is 0 Å². The Morgan fingerprint density at radius 2 is 1.80 bits per heavy atom. The molecule has 112 valence electrons. The quantitative estimate of drug-likeness (QED) is 0.817. The minimum absolute atomic E-state index is 0.0121. The van der Waals surface area contributed by atoms with E-state index in [0.29, 0.717) is 6.54 Å². The number of sulfone groups is 1. The monoisotopic (exact) mass is 298 g/mol. The minimum Gasteiger partial charge on any atom is -0.390 e. The summed E-state index contributed by atoms with van der Waals surface area (Å²) in [6.07, 6.45) is -0.826. The van der Waals surface area contributed by atoms with Crippen LogP contribution in [0.3, 0.4) is 0 Å². The number of aryl methyl sites for hydroxylation is 1. The van der Waals surface area contributed by atoms with E-state index >= 15 is 0 Å². The predicted octanol–water partition coefficient (Wildman–Crippen LogP) is 0.432. The molecule has 0 unspecified atom stereocenters. The summed E-state index contributed by atoms with van der Waals surface area (Å²) in [6.45, 7) is 2.62. The summed E-state index contributed by atoms with van der Waals surface area (Å²) in [6, 6.07) is 7.75. The van der Waals surface area contributed by atoms with Crippen molar-refractivity contribution in [2.75, 3.05) is 25.6 Å². The van der Waals surface area contributed by atoms with Crippen molar-refractivity contribution in [3.05, 3.63) is 35.4 Å². The number of hydrogen-bond donors (Lipinski definition) is 1. The first-order valence-electron chi connectivity index (χ1n) is 6.66. The van der Waals surface area contributed by atoms with Gasteiger partial charge < -0.3 is 5.11 Å². The van der Waals surface area contributed by atoms with Gasteiger partial charge in [-0.15, -0.1) is 0 Å². The van der Waals surface area contributed by atoms with Crippen molar-refractivity contribution in [2.24, 2.45) is 0 Å². The lowest BCUT2D eigenvalue weighted by Crippen LogP contribution is -2.49. The molecule has 0 aliphatic carbocycles. The van der Waals surface area contributed by atoms with E-state index in [1.165, 1.54) is 5.56 Å². The fraction of sp³-hybridized carbons (Fsp3) is 0.571. The molecule has 0 radical (unpaired) electrons. The predicted molar refractivity (Wildman–Crippen MR) is 78.9 cm³/mol. The Hall–Kier alpha value is -0.950. The van der Waals surface area contributed by atoms with Crippen molar-refractivity contribution in [2.45, 2.75) is 25.6 Å². The maximum absolute atomic E-state index is 11.7. The Morgan fingerprint density at radius 3 is 2.25 bits per heavy atom. The number of aliphatic hydroxyl groups excluding tert-OH is 1. The second-order valence-corrected chi connectivity index (χ2v) is 7.80. The zero-order chi connectivity index (χ0) is 14.9. The summed E-state index contributed by atoms with van der Waals surface area (Å²) in [5.74, 6) is -0.131. The maximum Gasteiger partial charge on any atom is 0.154 e. The van der Waals surface area contributed by atoms with Gasteiger partial charge >= 0.3 is 0 Å². The smallest absolute Gasteiger partial charge is 0.154 e. The highest BCUT2D eigenvalue weighted by Gasteiger charge is 2.40. The van der Waals surface area contributed by atoms with Gasteiger partial charge in [0.1, 0.15) is 0 Å². The van der Waals surface area contributed by atoms with Crippen molar-refractivity contribution in [3.63, 3.8) is 0 Å². The number of rotatable bonds is 4. The van der Waals surface area contributed by atoms with Crippen LogP contribution in [0.1, 0.15) is 11.1 Å².